The van der Waals surface area contributed by atoms with E-state index in [-0.39, 0.29) is 35.1 Å². The maximum atomic E-state index is 12.9. The average molecular weight is 374 g/mol. The first kappa shape index (κ1) is 17.2. The van der Waals surface area contributed by atoms with E-state index in [2.05, 4.69) is 14.8 Å². The molecule has 0 aliphatic carbocycles. The van der Waals surface area contributed by atoms with Gasteiger partial charge in [-0.1, -0.05) is 18.2 Å². The smallest absolute Gasteiger partial charge is 0.224 e. The van der Waals surface area contributed by atoms with Crippen LogP contribution in [-0.4, -0.2) is 51.8 Å². The highest BCUT2D eigenvalue weighted by molar-refractivity contribution is 7.91. The van der Waals surface area contributed by atoms with Crippen molar-refractivity contribution in [3.63, 3.8) is 0 Å². The minimum absolute atomic E-state index is 0.0176. The molecule has 26 heavy (non-hydrogen) atoms. The molecule has 2 atom stereocenters. The zero-order valence-corrected chi connectivity index (χ0v) is 15.5. The molecule has 2 bridgehead atoms. The van der Waals surface area contributed by atoms with E-state index < -0.39 is 9.84 Å². The van der Waals surface area contributed by atoms with Gasteiger partial charge in [0.25, 0.3) is 0 Å². The zero-order valence-electron chi connectivity index (χ0n) is 14.7. The number of benzene rings is 1. The van der Waals surface area contributed by atoms with Crippen LogP contribution in [0.1, 0.15) is 30.9 Å². The Morgan fingerprint density at radius 1 is 1.15 bits per heavy atom. The van der Waals surface area contributed by atoms with E-state index >= 15 is 0 Å². The lowest BCUT2D eigenvalue weighted by atomic mass is 10.1. The first-order valence-electron chi connectivity index (χ1n) is 8.93. The van der Waals surface area contributed by atoms with Crippen LogP contribution in [0.3, 0.4) is 0 Å². The van der Waals surface area contributed by atoms with Gasteiger partial charge in [-0.2, -0.15) is 0 Å². The van der Waals surface area contributed by atoms with E-state index in [9.17, 15) is 13.2 Å². The molecule has 0 N–H and O–H groups in total. The fourth-order valence-corrected chi connectivity index (χ4v) is 5.33. The van der Waals surface area contributed by atoms with Gasteiger partial charge in [0.1, 0.15) is 11.6 Å². The number of sulfone groups is 1. The maximum Gasteiger partial charge on any atom is 0.224 e. The molecule has 2 aliphatic rings. The molecule has 138 valence electrons. The highest BCUT2D eigenvalue weighted by Gasteiger charge is 2.40. The highest BCUT2D eigenvalue weighted by atomic mass is 32.2. The molecule has 0 radical (unpaired) electrons. The van der Waals surface area contributed by atoms with Crippen LogP contribution in [0.5, 0.6) is 0 Å². The Hall–Kier alpha value is -2.22. The van der Waals surface area contributed by atoms with Gasteiger partial charge < -0.3 is 9.47 Å². The molecule has 1 saturated heterocycles. The summed E-state index contributed by atoms with van der Waals surface area (Å²) in [4.78, 5) is 15.0. The zero-order chi connectivity index (χ0) is 18.3. The van der Waals surface area contributed by atoms with E-state index in [1.165, 1.54) is 0 Å². The predicted octanol–water partition coefficient (Wildman–Crippen LogP) is 1.37. The fraction of sp³-hybridized carbons (Fsp3) is 0.500. The Labute approximate surface area is 152 Å². The van der Waals surface area contributed by atoms with Gasteiger partial charge in [0, 0.05) is 25.4 Å². The maximum absolute atomic E-state index is 12.9. The van der Waals surface area contributed by atoms with Crippen molar-refractivity contribution in [2.24, 2.45) is 0 Å². The van der Waals surface area contributed by atoms with Crippen LogP contribution in [0.4, 0.5) is 0 Å². The van der Waals surface area contributed by atoms with Crippen LogP contribution < -0.4 is 0 Å². The molecule has 4 rings (SSSR count). The van der Waals surface area contributed by atoms with Crippen molar-refractivity contribution < 1.29 is 13.2 Å². The number of carbonyl (C=O) groups is 1. The summed E-state index contributed by atoms with van der Waals surface area (Å²) in [6.45, 7) is 2.62. The van der Waals surface area contributed by atoms with Crippen molar-refractivity contribution >= 4 is 15.7 Å². The van der Waals surface area contributed by atoms with Crippen LogP contribution in [0, 0.1) is 6.92 Å². The minimum Gasteiger partial charge on any atom is -0.334 e. The number of amides is 1. The topological polar surface area (TPSA) is 85.2 Å². The minimum atomic E-state index is -3.44. The van der Waals surface area contributed by atoms with E-state index in [1.807, 2.05) is 11.8 Å². The number of nitrogens with zero attached hydrogens (tertiary/aromatic N) is 4. The quantitative estimate of drug-likeness (QED) is 0.807. The number of fused-ring (bicyclic) bond motifs is 3. The second-order valence-electron chi connectivity index (χ2n) is 7.05. The summed E-state index contributed by atoms with van der Waals surface area (Å²) >= 11 is 0. The normalized spacial score (nSPS) is 22.1. The van der Waals surface area contributed by atoms with Crippen LogP contribution in [-0.2, 0) is 27.6 Å². The molecule has 7 nitrogen and oxygen atoms in total. The molecule has 0 spiro atoms. The number of carbonyl (C=O) groups excluding carboxylic acids is 1. The van der Waals surface area contributed by atoms with Crippen molar-refractivity contribution in [1.82, 2.24) is 19.7 Å². The van der Waals surface area contributed by atoms with Gasteiger partial charge in [-0.3, -0.25) is 4.79 Å². The summed E-state index contributed by atoms with van der Waals surface area (Å²) < 4.78 is 27.0. The number of rotatable bonds is 4. The molecule has 2 aromatic rings. The Balaban J connectivity index is 1.48. The van der Waals surface area contributed by atoms with E-state index in [1.54, 1.807) is 30.3 Å². The summed E-state index contributed by atoms with van der Waals surface area (Å²) in [5.41, 5.74) is 0. The van der Waals surface area contributed by atoms with Crippen molar-refractivity contribution in [2.75, 3.05) is 5.75 Å². The summed E-state index contributed by atoms with van der Waals surface area (Å²) in [5.74, 6) is 1.56. The lowest BCUT2D eigenvalue weighted by Gasteiger charge is -2.28. The Morgan fingerprint density at radius 3 is 2.65 bits per heavy atom. The van der Waals surface area contributed by atoms with Crippen molar-refractivity contribution in [2.45, 2.75) is 56.1 Å². The largest absolute Gasteiger partial charge is 0.334 e. The van der Waals surface area contributed by atoms with Crippen LogP contribution in [0.25, 0.3) is 0 Å². The molecular weight excluding hydrogens is 352 g/mol. The average Bonchev–Trinajstić information content (AvgIpc) is 3.12. The number of aromatic nitrogens is 3. The Kier molecular flexibility index (Phi) is 4.30. The lowest BCUT2D eigenvalue weighted by molar-refractivity contribution is -0.133. The number of hydrogen-bond acceptors (Lipinski definition) is 5. The van der Waals surface area contributed by atoms with Crippen molar-refractivity contribution in [3.8, 4) is 0 Å². The number of hydrogen-bond donors (Lipinski definition) is 0. The van der Waals surface area contributed by atoms with Gasteiger partial charge in [-0.25, -0.2) is 8.42 Å². The molecule has 1 aromatic heterocycles. The molecule has 3 heterocycles. The lowest BCUT2D eigenvalue weighted by Crippen LogP contribution is -2.42. The van der Waals surface area contributed by atoms with E-state index in [0.29, 0.717) is 13.0 Å². The van der Waals surface area contributed by atoms with Gasteiger partial charge in [-0.05, 0) is 31.9 Å². The van der Waals surface area contributed by atoms with Gasteiger partial charge in [0.2, 0.25) is 5.91 Å². The monoisotopic (exact) mass is 374 g/mol. The van der Waals surface area contributed by atoms with Gasteiger partial charge in [-0.15, -0.1) is 10.2 Å². The molecule has 1 fully saturated rings. The van der Waals surface area contributed by atoms with Gasteiger partial charge in [0.05, 0.1) is 16.7 Å². The van der Waals surface area contributed by atoms with Crippen LogP contribution in [0.15, 0.2) is 35.2 Å². The van der Waals surface area contributed by atoms with E-state index in [4.69, 9.17) is 0 Å². The van der Waals surface area contributed by atoms with Gasteiger partial charge >= 0.3 is 0 Å². The summed E-state index contributed by atoms with van der Waals surface area (Å²) in [6, 6.07) is 8.51. The summed E-state index contributed by atoms with van der Waals surface area (Å²) in [5, 5.41) is 8.37. The highest BCUT2D eigenvalue weighted by Crippen LogP contribution is 2.32. The van der Waals surface area contributed by atoms with Crippen LogP contribution >= 0.6 is 0 Å². The molecule has 1 aromatic carbocycles. The Bertz CT molecular complexity index is 923. The second kappa shape index (κ2) is 6.50. The molecule has 0 unspecified atom stereocenters. The van der Waals surface area contributed by atoms with E-state index in [0.717, 1.165) is 24.5 Å². The first-order valence-corrected chi connectivity index (χ1v) is 10.6. The van der Waals surface area contributed by atoms with Crippen LogP contribution in [0.2, 0.25) is 0 Å². The molecule has 8 heteroatoms. The standard InChI is InChI=1S/C18H22N4O3S/c1-13-19-20-17-11-14-7-8-15(12-21(13)17)22(14)18(23)9-10-26(24,25)16-5-3-2-4-6-16/h2-6,14-15H,7-12H2,1H3/t14-,15+/m0/s1. The summed E-state index contributed by atoms with van der Waals surface area (Å²) in [7, 11) is -3.44. The third-order valence-corrected chi connectivity index (χ3v) is 7.15. The first-order chi connectivity index (χ1) is 12.5. The fourth-order valence-electron chi connectivity index (χ4n) is 4.08. The molecule has 1 amide bonds. The van der Waals surface area contributed by atoms with Crippen molar-refractivity contribution in [1.29, 1.82) is 0 Å². The third kappa shape index (κ3) is 3.02. The number of aryl methyl sites for hydroxylation is 1. The third-order valence-electron chi connectivity index (χ3n) is 5.42. The van der Waals surface area contributed by atoms with Gasteiger partial charge in [0.15, 0.2) is 9.84 Å². The summed E-state index contributed by atoms with van der Waals surface area (Å²) in [6.07, 6.45) is 2.59. The molecular formula is C18H22N4O3S. The second-order valence-corrected chi connectivity index (χ2v) is 9.16. The molecule has 0 saturated carbocycles. The SMILES string of the molecule is Cc1nnc2n1C[C@H]1CC[C@@H](C2)N1C(=O)CCS(=O)(=O)c1ccccc1. The van der Waals surface area contributed by atoms with Crippen molar-refractivity contribution in [3.05, 3.63) is 42.0 Å². The Morgan fingerprint density at radius 2 is 1.88 bits per heavy atom. The predicted molar refractivity (Wildman–Crippen MR) is 95.2 cm³/mol. The molecule has 2 aliphatic heterocycles.